The Labute approximate surface area is 105 Å². The third kappa shape index (κ3) is 3.97. The predicted octanol–water partition coefficient (Wildman–Crippen LogP) is 1.77. The Bertz CT molecular complexity index is 430. The van der Waals surface area contributed by atoms with Crippen LogP contribution in [0.1, 0.15) is 20.1 Å². The molecule has 0 aromatic carbocycles. The maximum absolute atomic E-state index is 12.0. The highest BCUT2D eigenvalue weighted by atomic mass is 32.1. The normalized spacial score (nSPS) is 13.6. The summed E-state index contributed by atoms with van der Waals surface area (Å²) < 4.78 is 36.0. The van der Waals surface area contributed by atoms with Crippen molar-refractivity contribution in [3.05, 3.63) is 21.4 Å². The number of hydrogen-bond donors (Lipinski definition) is 3. The highest BCUT2D eigenvalue weighted by Gasteiger charge is 2.37. The highest BCUT2D eigenvalue weighted by Crippen LogP contribution is 2.22. The molecule has 8 heteroatoms. The van der Waals surface area contributed by atoms with E-state index in [1.807, 2.05) is 0 Å². The van der Waals surface area contributed by atoms with E-state index in [-0.39, 0.29) is 11.4 Å². The van der Waals surface area contributed by atoms with Crippen LogP contribution in [0.25, 0.3) is 0 Å². The zero-order valence-electron chi connectivity index (χ0n) is 9.41. The van der Waals surface area contributed by atoms with Gasteiger partial charge in [0, 0.05) is 18.0 Å². The van der Waals surface area contributed by atoms with E-state index >= 15 is 0 Å². The molecule has 4 nitrogen and oxygen atoms in total. The molecule has 0 aliphatic heterocycles. The molecule has 0 saturated heterocycles. The summed E-state index contributed by atoms with van der Waals surface area (Å²) in [5.41, 5.74) is 0.617. The number of hydrogen-bond acceptors (Lipinski definition) is 4. The maximum atomic E-state index is 12.0. The number of rotatable bonds is 5. The van der Waals surface area contributed by atoms with Crippen molar-refractivity contribution in [1.29, 1.82) is 0 Å². The monoisotopic (exact) mass is 283 g/mol. The van der Waals surface area contributed by atoms with Gasteiger partial charge in [-0.3, -0.25) is 0 Å². The molecule has 0 aliphatic carbocycles. The molecule has 1 unspecified atom stereocenters. The van der Waals surface area contributed by atoms with Gasteiger partial charge in [0.2, 0.25) is 0 Å². The van der Waals surface area contributed by atoms with Gasteiger partial charge in [0.1, 0.15) is 4.88 Å². The molecule has 102 valence electrons. The SMILES string of the molecule is Cc1sc(C(=O)O)cc1CNCC(O)C(F)(F)F. The molecule has 0 saturated carbocycles. The zero-order valence-corrected chi connectivity index (χ0v) is 10.2. The summed E-state index contributed by atoms with van der Waals surface area (Å²) in [6.45, 7) is 1.15. The minimum absolute atomic E-state index is 0.0861. The van der Waals surface area contributed by atoms with Crippen LogP contribution in [0.3, 0.4) is 0 Å². The first-order valence-corrected chi connectivity index (χ1v) is 5.81. The summed E-state index contributed by atoms with van der Waals surface area (Å²) in [6, 6.07) is 1.41. The second kappa shape index (κ2) is 5.68. The molecule has 0 spiro atoms. The van der Waals surface area contributed by atoms with E-state index in [4.69, 9.17) is 10.2 Å². The van der Waals surface area contributed by atoms with Gasteiger partial charge in [-0.05, 0) is 18.6 Å². The Morgan fingerprint density at radius 2 is 2.17 bits per heavy atom. The van der Waals surface area contributed by atoms with Gasteiger partial charge in [-0.2, -0.15) is 13.2 Å². The van der Waals surface area contributed by atoms with E-state index < -0.39 is 24.8 Å². The van der Waals surface area contributed by atoms with Crippen molar-refractivity contribution in [3.63, 3.8) is 0 Å². The summed E-state index contributed by atoms with van der Waals surface area (Å²) in [4.78, 5) is 11.5. The minimum Gasteiger partial charge on any atom is -0.477 e. The van der Waals surface area contributed by atoms with Gasteiger partial charge in [-0.25, -0.2) is 4.79 Å². The van der Waals surface area contributed by atoms with Crippen molar-refractivity contribution in [2.45, 2.75) is 25.7 Å². The first-order valence-electron chi connectivity index (χ1n) is 5.00. The Balaban J connectivity index is 2.52. The van der Waals surface area contributed by atoms with Crippen LogP contribution in [-0.2, 0) is 6.54 Å². The number of carboxylic acid groups (broad SMARTS) is 1. The van der Waals surface area contributed by atoms with Crippen LogP contribution in [0, 0.1) is 6.92 Å². The molecule has 1 atom stereocenters. The molecular formula is C10H12F3NO3S. The summed E-state index contributed by atoms with van der Waals surface area (Å²) in [7, 11) is 0. The molecule has 0 fully saturated rings. The number of halogens is 3. The van der Waals surface area contributed by atoms with Crippen LogP contribution in [0.4, 0.5) is 13.2 Å². The summed E-state index contributed by atoms with van der Waals surface area (Å²) in [6.07, 6.45) is -7.07. The average molecular weight is 283 g/mol. The van der Waals surface area contributed by atoms with Crippen molar-refractivity contribution >= 4 is 17.3 Å². The Morgan fingerprint density at radius 1 is 1.56 bits per heavy atom. The molecular weight excluding hydrogens is 271 g/mol. The lowest BCUT2D eigenvalue weighted by Crippen LogP contribution is -2.38. The number of aliphatic hydroxyl groups excluding tert-OH is 1. The Kier molecular flexibility index (Phi) is 4.71. The number of thiophene rings is 1. The topological polar surface area (TPSA) is 69.6 Å². The third-order valence-electron chi connectivity index (χ3n) is 2.26. The predicted molar refractivity (Wildman–Crippen MR) is 59.8 cm³/mol. The van der Waals surface area contributed by atoms with Crippen molar-refractivity contribution in [2.75, 3.05) is 6.54 Å². The molecule has 3 N–H and O–H groups in total. The molecule has 1 rings (SSSR count). The van der Waals surface area contributed by atoms with E-state index in [2.05, 4.69) is 5.32 Å². The van der Waals surface area contributed by atoms with Crippen LogP contribution >= 0.6 is 11.3 Å². The van der Waals surface area contributed by atoms with Gasteiger partial charge < -0.3 is 15.5 Å². The highest BCUT2D eigenvalue weighted by molar-refractivity contribution is 7.14. The van der Waals surface area contributed by atoms with Gasteiger partial charge in [0.05, 0.1) is 0 Å². The molecule has 0 aliphatic rings. The summed E-state index contributed by atoms with van der Waals surface area (Å²) in [5, 5.41) is 19.9. The number of aromatic carboxylic acids is 1. The first kappa shape index (κ1) is 14.9. The van der Waals surface area contributed by atoms with Crippen LogP contribution < -0.4 is 5.32 Å². The molecule has 1 aromatic rings. The lowest BCUT2D eigenvalue weighted by molar-refractivity contribution is -0.201. The van der Waals surface area contributed by atoms with Crippen LogP contribution in [0.15, 0.2) is 6.07 Å². The maximum Gasteiger partial charge on any atom is 0.415 e. The van der Waals surface area contributed by atoms with Gasteiger partial charge in [-0.1, -0.05) is 0 Å². The van der Waals surface area contributed by atoms with Crippen LogP contribution in [0.2, 0.25) is 0 Å². The molecule has 1 heterocycles. The number of alkyl halides is 3. The largest absolute Gasteiger partial charge is 0.477 e. The van der Waals surface area contributed by atoms with Gasteiger partial charge >= 0.3 is 12.1 Å². The van der Waals surface area contributed by atoms with Crippen molar-refractivity contribution in [3.8, 4) is 0 Å². The molecule has 0 amide bonds. The molecule has 1 aromatic heterocycles. The molecule has 18 heavy (non-hydrogen) atoms. The van der Waals surface area contributed by atoms with Crippen LogP contribution in [-0.4, -0.2) is 35.0 Å². The Morgan fingerprint density at radius 3 is 2.61 bits per heavy atom. The second-order valence-corrected chi connectivity index (χ2v) is 4.94. The minimum atomic E-state index is -4.65. The fourth-order valence-electron chi connectivity index (χ4n) is 1.26. The second-order valence-electron chi connectivity index (χ2n) is 3.69. The van der Waals surface area contributed by atoms with E-state index in [9.17, 15) is 18.0 Å². The number of carbonyl (C=O) groups is 1. The van der Waals surface area contributed by atoms with E-state index in [1.54, 1.807) is 6.92 Å². The fourth-order valence-corrected chi connectivity index (χ4v) is 2.14. The van der Waals surface area contributed by atoms with Gasteiger partial charge in [0.25, 0.3) is 0 Å². The third-order valence-corrected chi connectivity index (χ3v) is 3.34. The quantitative estimate of drug-likeness (QED) is 0.770. The lowest BCUT2D eigenvalue weighted by Gasteiger charge is -2.14. The average Bonchev–Trinajstić information content (AvgIpc) is 2.59. The van der Waals surface area contributed by atoms with Gasteiger partial charge in [-0.15, -0.1) is 11.3 Å². The fraction of sp³-hybridized carbons (Fsp3) is 0.500. The van der Waals surface area contributed by atoms with Gasteiger partial charge in [0.15, 0.2) is 6.10 Å². The number of aliphatic hydroxyl groups is 1. The van der Waals surface area contributed by atoms with Crippen molar-refractivity contribution < 1.29 is 28.2 Å². The lowest BCUT2D eigenvalue weighted by atomic mass is 10.2. The van der Waals surface area contributed by atoms with Crippen molar-refractivity contribution in [1.82, 2.24) is 5.32 Å². The van der Waals surface area contributed by atoms with Crippen molar-refractivity contribution in [2.24, 2.45) is 0 Å². The summed E-state index contributed by atoms with van der Waals surface area (Å²) in [5.74, 6) is -1.07. The molecule has 0 bridgehead atoms. The van der Waals surface area contributed by atoms with Crippen LogP contribution in [0.5, 0.6) is 0 Å². The summed E-state index contributed by atoms with van der Waals surface area (Å²) >= 11 is 1.06. The zero-order chi connectivity index (χ0) is 13.9. The first-order chi connectivity index (χ1) is 8.21. The van der Waals surface area contributed by atoms with E-state index in [1.165, 1.54) is 6.07 Å². The standard InChI is InChI=1S/C10H12F3NO3S/c1-5-6(2-7(18-5)9(16)17)3-14-4-8(15)10(11,12)13/h2,8,14-15H,3-4H2,1H3,(H,16,17). The number of carboxylic acids is 1. The van der Waals surface area contributed by atoms with E-state index in [0.717, 1.165) is 16.2 Å². The number of aryl methyl sites for hydroxylation is 1. The van der Waals surface area contributed by atoms with E-state index in [0.29, 0.717) is 5.56 Å². The smallest absolute Gasteiger partial charge is 0.415 e. The molecule has 0 radical (unpaired) electrons. The Hall–Kier alpha value is -1.12. The number of nitrogens with one attached hydrogen (secondary N) is 1.